The predicted octanol–water partition coefficient (Wildman–Crippen LogP) is 1.58. The highest BCUT2D eigenvalue weighted by Crippen LogP contribution is 2.16. The molecule has 0 amide bonds. The molecule has 0 aromatic heterocycles. The van der Waals surface area contributed by atoms with Crippen LogP contribution in [-0.4, -0.2) is 11.6 Å². The summed E-state index contributed by atoms with van der Waals surface area (Å²) < 4.78 is 0. The topological polar surface area (TPSA) is 34.1 Å². The normalized spacial score (nSPS) is 24.1. The van der Waals surface area contributed by atoms with Crippen molar-refractivity contribution >= 4 is 11.6 Å². The van der Waals surface area contributed by atoms with Crippen LogP contribution in [0, 0.1) is 5.92 Å². The third kappa shape index (κ3) is 1.94. The molecule has 2 heteroatoms. The fraction of sp³-hybridized carbons (Fsp3) is 0.750. The Kier molecular flexibility index (Phi) is 3.93. The summed E-state index contributed by atoms with van der Waals surface area (Å²) in [6, 6.07) is 0. The van der Waals surface area contributed by atoms with Crippen molar-refractivity contribution in [2.24, 2.45) is 5.92 Å². The van der Waals surface area contributed by atoms with E-state index in [1.807, 2.05) is 13.8 Å². The first-order chi connectivity index (χ1) is 4.72. The van der Waals surface area contributed by atoms with E-state index < -0.39 is 0 Å². The lowest BCUT2D eigenvalue weighted by Crippen LogP contribution is -2.09. The number of hydrogen-bond acceptors (Lipinski definition) is 2. The maximum absolute atomic E-state index is 10.6. The Labute approximate surface area is 61.6 Å². The Bertz CT molecular complexity index is 138. The van der Waals surface area contributed by atoms with Gasteiger partial charge in [0.15, 0.2) is 5.78 Å². The molecule has 0 N–H and O–H groups in total. The lowest BCUT2D eigenvalue weighted by molar-refractivity contribution is -0.135. The molecule has 10 heavy (non-hydrogen) atoms. The van der Waals surface area contributed by atoms with Crippen LogP contribution >= 0.6 is 0 Å². The lowest BCUT2D eigenvalue weighted by Gasteiger charge is -1.89. The molecule has 0 bridgehead atoms. The van der Waals surface area contributed by atoms with Crippen LogP contribution in [-0.2, 0) is 9.59 Å². The van der Waals surface area contributed by atoms with Gasteiger partial charge in [-0.25, -0.2) is 0 Å². The van der Waals surface area contributed by atoms with E-state index in [9.17, 15) is 9.59 Å². The second kappa shape index (κ2) is 4.20. The molecule has 0 saturated heterocycles. The number of rotatable bonds is 0. The molecule has 0 heterocycles. The van der Waals surface area contributed by atoms with Crippen molar-refractivity contribution in [1.82, 2.24) is 0 Å². The molecule has 58 valence electrons. The molecule has 0 spiro atoms. The zero-order valence-electron chi connectivity index (χ0n) is 6.81. The SMILES string of the molecule is CC.CC1CCC(=O)C1=O. The number of carbonyl (C=O) groups excluding carboxylic acids is 2. The molecule has 0 aromatic carbocycles. The third-order valence-electron chi connectivity index (χ3n) is 1.53. The average Bonchev–Trinajstić information content (AvgIpc) is 2.25. The quantitative estimate of drug-likeness (QED) is 0.481. The van der Waals surface area contributed by atoms with Gasteiger partial charge in [0.25, 0.3) is 0 Å². The van der Waals surface area contributed by atoms with E-state index in [0.717, 1.165) is 6.42 Å². The molecule has 1 rings (SSSR count). The Morgan fingerprint density at radius 1 is 1.30 bits per heavy atom. The van der Waals surface area contributed by atoms with E-state index in [-0.39, 0.29) is 17.5 Å². The molecule has 0 radical (unpaired) electrons. The molecule has 2 nitrogen and oxygen atoms in total. The highest BCUT2D eigenvalue weighted by molar-refractivity contribution is 6.39. The standard InChI is InChI=1S/C6H8O2.C2H6/c1-4-2-3-5(7)6(4)8;1-2/h4H,2-3H2,1H3;1-2H3. The van der Waals surface area contributed by atoms with Gasteiger partial charge < -0.3 is 0 Å². The highest BCUT2D eigenvalue weighted by Gasteiger charge is 2.27. The molecule has 0 aromatic rings. The van der Waals surface area contributed by atoms with Crippen LogP contribution in [0.5, 0.6) is 0 Å². The predicted molar refractivity (Wildman–Crippen MR) is 39.8 cm³/mol. The van der Waals surface area contributed by atoms with Gasteiger partial charge in [-0.2, -0.15) is 0 Å². The Morgan fingerprint density at radius 3 is 1.90 bits per heavy atom. The number of Topliss-reactive ketones (excluding diaryl/α,β-unsaturated/α-hetero) is 2. The van der Waals surface area contributed by atoms with Gasteiger partial charge in [0.05, 0.1) is 0 Å². The van der Waals surface area contributed by atoms with Crippen LogP contribution in [0.2, 0.25) is 0 Å². The van der Waals surface area contributed by atoms with Crippen molar-refractivity contribution in [2.75, 3.05) is 0 Å². The molecule has 1 atom stereocenters. The summed E-state index contributed by atoms with van der Waals surface area (Å²) >= 11 is 0. The average molecular weight is 142 g/mol. The molecular weight excluding hydrogens is 128 g/mol. The summed E-state index contributed by atoms with van der Waals surface area (Å²) in [6.45, 7) is 5.80. The zero-order chi connectivity index (χ0) is 8.15. The van der Waals surface area contributed by atoms with E-state index in [1.54, 1.807) is 6.92 Å². The Balaban J connectivity index is 0.000000371. The van der Waals surface area contributed by atoms with Crippen molar-refractivity contribution in [3.05, 3.63) is 0 Å². The van der Waals surface area contributed by atoms with Crippen LogP contribution in [0.3, 0.4) is 0 Å². The number of carbonyl (C=O) groups is 2. The van der Waals surface area contributed by atoms with E-state index in [2.05, 4.69) is 0 Å². The summed E-state index contributed by atoms with van der Waals surface area (Å²) in [7, 11) is 0. The maximum Gasteiger partial charge on any atom is 0.201 e. The summed E-state index contributed by atoms with van der Waals surface area (Å²) in [4.78, 5) is 21.0. The van der Waals surface area contributed by atoms with E-state index >= 15 is 0 Å². The van der Waals surface area contributed by atoms with Crippen molar-refractivity contribution in [1.29, 1.82) is 0 Å². The first kappa shape index (κ1) is 9.34. The molecule has 1 fully saturated rings. The first-order valence-corrected chi connectivity index (χ1v) is 3.79. The zero-order valence-corrected chi connectivity index (χ0v) is 6.81. The van der Waals surface area contributed by atoms with Gasteiger partial charge in [0, 0.05) is 12.3 Å². The second-order valence-electron chi connectivity index (χ2n) is 2.23. The van der Waals surface area contributed by atoms with Crippen molar-refractivity contribution in [3.8, 4) is 0 Å². The Morgan fingerprint density at radius 2 is 1.80 bits per heavy atom. The van der Waals surface area contributed by atoms with Gasteiger partial charge >= 0.3 is 0 Å². The van der Waals surface area contributed by atoms with E-state index in [1.165, 1.54) is 0 Å². The van der Waals surface area contributed by atoms with Crippen molar-refractivity contribution in [2.45, 2.75) is 33.6 Å². The highest BCUT2D eigenvalue weighted by atomic mass is 16.2. The molecule has 1 unspecified atom stereocenters. The second-order valence-corrected chi connectivity index (χ2v) is 2.23. The Hall–Kier alpha value is -0.660. The molecular formula is C8H14O2. The fourth-order valence-electron chi connectivity index (χ4n) is 0.877. The van der Waals surface area contributed by atoms with Crippen LogP contribution in [0.4, 0.5) is 0 Å². The van der Waals surface area contributed by atoms with Crippen LogP contribution in [0.1, 0.15) is 33.6 Å². The lowest BCUT2D eigenvalue weighted by atomic mass is 10.1. The van der Waals surface area contributed by atoms with Gasteiger partial charge in [-0.1, -0.05) is 20.8 Å². The van der Waals surface area contributed by atoms with Gasteiger partial charge in [0.2, 0.25) is 5.78 Å². The summed E-state index contributed by atoms with van der Waals surface area (Å²) in [5.41, 5.74) is 0. The maximum atomic E-state index is 10.6. The van der Waals surface area contributed by atoms with Crippen LogP contribution < -0.4 is 0 Å². The van der Waals surface area contributed by atoms with Gasteiger partial charge in [0.1, 0.15) is 0 Å². The summed E-state index contributed by atoms with van der Waals surface area (Å²) in [5, 5.41) is 0. The van der Waals surface area contributed by atoms with Gasteiger partial charge in [-0.15, -0.1) is 0 Å². The smallest absolute Gasteiger partial charge is 0.201 e. The minimum atomic E-state index is -0.183. The first-order valence-electron chi connectivity index (χ1n) is 3.79. The molecule has 1 aliphatic carbocycles. The van der Waals surface area contributed by atoms with E-state index in [4.69, 9.17) is 0 Å². The molecule has 0 aliphatic heterocycles. The monoisotopic (exact) mass is 142 g/mol. The summed E-state index contributed by atoms with van der Waals surface area (Å²) in [5.74, 6) is -0.356. The largest absolute Gasteiger partial charge is 0.291 e. The van der Waals surface area contributed by atoms with E-state index in [0.29, 0.717) is 6.42 Å². The third-order valence-corrected chi connectivity index (χ3v) is 1.53. The van der Waals surface area contributed by atoms with Gasteiger partial charge in [-0.05, 0) is 6.42 Å². The van der Waals surface area contributed by atoms with Crippen molar-refractivity contribution in [3.63, 3.8) is 0 Å². The number of ketones is 2. The minimum Gasteiger partial charge on any atom is -0.291 e. The minimum absolute atomic E-state index is 0.00231. The van der Waals surface area contributed by atoms with Gasteiger partial charge in [-0.3, -0.25) is 9.59 Å². The molecule has 1 saturated carbocycles. The van der Waals surface area contributed by atoms with Crippen LogP contribution in [0.25, 0.3) is 0 Å². The summed E-state index contributed by atoms with van der Waals surface area (Å²) in [6.07, 6.45) is 1.23. The number of hydrogen-bond donors (Lipinski definition) is 0. The fourth-order valence-corrected chi connectivity index (χ4v) is 0.877. The molecule has 1 aliphatic rings. The van der Waals surface area contributed by atoms with Crippen molar-refractivity contribution < 1.29 is 9.59 Å². The van der Waals surface area contributed by atoms with Crippen LogP contribution in [0.15, 0.2) is 0 Å².